The van der Waals surface area contributed by atoms with Gasteiger partial charge in [0.1, 0.15) is 5.75 Å². The van der Waals surface area contributed by atoms with Gasteiger partial charge in [-0.25, -0.2) is 0 Å². The molecule has 17 heavy (non-hydrogen) atoms. The third-order valence-electron chi connectivity index (χ3n) is 2.48. The standard InChI is InChI=1S/C12H15N3O2/c1-16-10-5-3-2-4-9(10)6-7-11-14-15-12(8-13)17-11/h2-5H,6-8,13H2,1H3. The number of hydrogen-bond donors (Lipinski definition) is 1. The zero-order valence-corrected chi connectivity index (χ0v) is 9.72. The highest BCUT2D eigenvalue weighted by Gasteiger charge is 2.07. The molecule has 0 saturated carbocycles. The van der Waals surface area contributed by atoms with Gasteiger partial charge in [-0.3, -0.25) is 0 Å². The minimum absolute atomic E-state index is 0.279. The second-order valence-electron chi connectivity index (χ2n) is 3.61. The molecule has 1 aromatic carbocycles. The van der Waals surface area contributed by atoms with E-state index in [0.29, 0.717) is 18.2 Å². The lowest BCUT2D eigenvalue weighted by Crippen LogP contribution is -1.96. The van der Waals surface area contributed by atoms with Crippen LogP contribution in [0.4, 0.5) is 0 Å². The molecule has 2 aromatic rings. The maximum absolute atomic E-state index is 5.40. The van der Waals surface area contributed by atoms with Crippen molar-refractivity contribution in [2.24, 2.45) is 5.73 Å². The van der Waals surface area contributed by atoms with Crippen LogP contribution >= 0.6 is 0 Å². The van der Waals surface area contributed by atoms with E-state index in [1.54, 1.807) is 7.11 Å². The number of aryl methyl sites for hydroxylation is 2. The Bertz CT molecular complexity index is 482. The number of para-hydroxylation sites is 1. The number of nitrogens with zero attached hydrogens (tertiary/aromatic N) is 2. The lowest BCUT2D eigenvalue weighted by atomic mass is 10.1. The van der Waals surface area contributed by atoms with Crippen LogP contribution in [-0.2, 0) is 19.4 Å². The summed E-state index contributed by atoms with van der Waals surface area (Å²) in [4.78, 5) is 0. The largest absolute Gasteiger partial charge is 0.496 e. The molecule has 0 aliphatic rings. The predicted molar refractivity (Wildman–Crippen MR) is 62.6 cm³/mol. The molecule has 2 N–H and O–H groups in total. The van der Waals surface area contributed by atoms with Crippen molar-refractivity contribution in [1.29, 1.82) is 0 Å². The fraction of sp³-hybridized carbons (Fsp3) is 0.333. The Morgan fingerprint density at radius 3 is 2.65 bits per heavy atom. The van der Waals surface area contributed by atoms with Crippen molar-refractivity contribution in [3.63, 3.8) is 0 Å². The summed E-state index contributed by atoms with van der Waals surface area (Å²) in [6, 6.07) is 7.89. The van der Waals surface area contributed by atoms with Gasteiger partial charge >= 0.3 is 0 Å². The van der Waals surface area contributed by atoms with Crippen LogP contribution < -0.4 is 10.5 Å². The van der Waals surface area contributed by atoms with Crippen molar-refractivity contribution in [2.75, 3.05) is 7.11 Å². The lowest BCUT2D eigenvalue weighted by molar-refractivity contribution is 0.407. The SMILES string of the molecule is COc1ccccc1CCc1nnc(CN)o1. The first kappa shape index (κ1) is 11.6. The molecule has 90 valence electrons. The third-order valence-corrected chi connectivity index (χ3v) is 2.48. The second kappa shape index (κ2) is 5.45. The normalized spacial score (nSPS) is 10.5. The molecule has 0 saturated heterocycles. The fourth-order valence-electron chi connectivity index (χ4n) is 1.62. The Balaban J connectivity index is 2.01. The van der Waals surface area contributed by atoms with Crippen LogP contribution in [-0.4, -0.2) is 17.3 Å². The molecule has 0 aliphatic heterocycles. The molecule has 0 fully saturated rings. The summed E-state index contributed by atoms with van der Waals surface area (Å²) in [5.41, 5.74) is 6.53. The van der Waals surface area contributed by atoms with Gasteiger partial charge in [0.05, 0.1) is 13.7 Å². The average Bonchev–Trinajstić information content (AvgIpc) is 2.84. The van der Waals surface area contributed by atoms with Crippen LogP contribution in [0.15, 0.2) is 28.7 Å². The van der Waals surface area contributed by atoms with E-state index in [0.717, 1.165) is 17.7 Å². The third kappa shape index (κ3) is 2.82. The van der Waals surface area contributed by atoms with Gasteiger partial charge in [0, 0.05) is 6.42 Å². The van der Waals surface area contributed by atoms with Crippen LogP contribution in [0.2, 0.25) is 0 Å². The first-order chi connectivity index (χ1) is 8.33. The van der Waals surface area contributed by atoms with Gasteiger partial charge in [0.25, 0.3) is 0 Å². The van der Waals surface area contributed by atoms with E-state index in [2.05, 4.69) is 10.2 Å². The quantitative estimate of drug-likeness (QED) is 0.843. The molecule has 0 bridgehead atoms. The van der Waals surface area contributed by atoms with Crippen molar-refractivity contribution in [2.45, 2.75) is 19.4 Å². The van der Waals surface area contributed by atoms with Gasteiger partial charge in [-0.2, -0.15) is 0 Å². The van der Waals surface area contributed by atoms with Crippen molar-refractivity contribution < 1.29 is 9.15 Å². The molecule has 0 spiro atoms. The fourth-order valence-corrected chi connectivity index (χ4v) is 1.62. The minimum atomic E-state index is 0.279. The molecular formula is C12H15N3O2. The van der Waals surface area contributed by atoms with E-state index in [9.17, 15) is 0 Å². The monoisotopic (exact) mass is 233 g/mol. The van der Waals surface area contributed by atoms with Crippen molar-refractivity contribution in [3.8, 4) is 5.75 Å². The van der Waals surface area contributed by atoms with E-state index >= 15 is 0 Å². The van der Waals surface area contributed by atoms with Gasteiger partial charge in [0.2, 0.25) is 11.8 Å². The Morgan fingerprint density at radius 2 is 1.94 bits per heavy atom. The molecule has 5 nitrogen and oxygen atoms in total. The number of methoxy groups -OCH3 is 1. The van der Waals surface area contributed by atoms with Gasteiger partial charge < -0.3 is 14.9 Å². The number of rotatable bonds is 5. The highest BCUT2D eigenvalue weighted by Crippen LogP contribution is 2.19. The summed E-state index contributed by atoms with van der Waals surface area (Å²) in [5, 5.41) is 7.74. The summed E-state index contributed by atoms with van der Waals surface area (Å²) in [6.07, 6.45) is 1.49. The van der Waals surface area contributed by atoms with Crippen LogP contribution in [0.5, 0.6) is 5.75 Å². The molecule has 0 amide bonds. The van der Waals surface area contributed by atoms with E-state index in [1.165, 1.54) is 0 Å². The first-order valence-electron chi connectivity index (χ1n) is 5.46. The Morgan fingerprint density at radius 1 is 1.18 bits per heavy atom. The predicted octanol–water partition coefficient (Wildman–Crippen LogP) is 1.32. The molecular weight excluding hydrogens is 218 g/mol. The summed E-state index contributed by atoms with van der Waals surface area (Å²) < 4.78 is 10.6. The number of benzene rings is 1. The molecule has 0 radical (unpaired) electrons. The van der Waals surface area contributed by atoms with Gasteiger partial charge in [-0.05, 0) is 18.1 Å². The molecule has 0 unspecified atom stereocenters. The molecule has 5 heteroatoms. The van der Waals surface area contributed by atoms with E-state index in [1.807, 2.05) is 24.3 Å². The topological polar surface area (TPSA) is 74.2 Å². The van der Waals surface area contributed by atoms with E-state index < -0.39 is 0 Å². The van der Waals surface area contributed by atoms with Crippen molar-refractivity contribution in [3.05, 3.63) is 41.6 Å². The highest BCUT2D eigenvalue weighted by atomic mass is 16.5. The molecule has 2 rings (SSSR count). The molecule has 1 aromatic heterocycles. The van der Waals surface area contributed by atoms with Crippen LogP contribution in [0.1, 0.15) is 17.3 Å². The van der Waals surface area contributed by atoms with Gasteiger partial charge in [-0.1, -0.05) is 18.2 Å². The van der Waals surface area contributed by atoms with Gasteiger partial charge in [-0.15, -0.1) is 10.2 Å². The Kier molecular flexibility index (Phi) is 3.72. The number of ether oxygens (including phenoxy) is 1. The number of nitrogens with two attached hydrogens (primary N) is 1. The van der Waals surface area contributed by atoms with Crippen molar-refractivity contribution in [1.82, 2.24) is 10.2 Å². The van der Waals surface area contributed by atoms with Gasteiger partial charge in [0.15, 0.2) is 0 Å². The molecule has 0 atom stereocenters. The summed E-state index contributed by atoms with van der Waals surface area (Å²) in [5.74, 6) is 1.96. The number of hydrogen-bond acceptors (Lipinski definition) is 5. The minimum Gasteiger partial charge on any atom is -0.496 e. The zero-order valence-electron chi connectivity index (χ0n) is 9.72. The van der Waals surface area contributed by atoms with Crippen LogP contribution in [0.25, 0.3) is 0 Å². The lowest BCUT2D eigenvalue weighted by Gasteiger charge is -2.06. The van der Waals surface area contributed by atoms with Crippen molar-refractivity contribution >= 4 is 0 Å². The summed E-state index contributed by atoms with van der Waals surface area (Å²) in [7, 11) is 1.66. The van der Waals surface area contributed by atoms with E-state index in [-0.39, 0.29) is 6.54 Å². The van der Waals surface area contributed by atoms with Crippen LogP contribution in [0, 0.1) is 0 Å². The number of aromatic nitrogens is 2. The summed E-state index contributed by atoms with van der Waals surface area (Å²) >= 11 is 0. The highest BCUT2D eigenvalue weighted by molar-refractivity contribution is 5.33. The Hall–Kier alpha value is -1.88. The smallest absolute Gasteiger partial charge is 0.230 e. The van der Waals surface area contributed by atoms with Crippen LogP contribution in [0.3, 0.4) is 0 Å². The maximum atomic E-state index is 5.40. The zero-order chi connectivity index (χ0) is 12.1. The second-order valence-corrected chi connectivity index (χ2v) is 3.61. The first-order valence-corrected chi connectivity index (χ1v) is 5.46. The summed E-state index contributed by atoms with van der Waals surface area (Å²) in [6.45, 7) is 0.279. The molecule has 0 aliphatic carbocycles. The molecule has 1 heterocycles. The maximum Gasteiger partial charge on any atom is 0.230 e. The average molecular weight is 233 g/mol. The van der Waals surface area contributed by atoms with E-state index in [4.69, 9.17) is 14.9 Å². The Labute approximate surface area is 99.6 Å².